The first-order valence-corrected chi connectivity index (χ1v) is 26.3. The molecular weight excluding hydrogens is 980 g/mol. The van der Waals surface area contributed by atoms with Crippen LogP contribution in [0.25, 0.3) is 0 Å². The summed E-state index contributed by atoms with van der Waals surface area (Å²) in [5.74, 6) is -6.61. The number of rotatable bonds is 26. The molecule has 24 heteroatoms. The Labute approximate surface area is 422 Å². The number of Topliss-reactive ketones (excluding diaryl/α,β-unsaturated/α-hetero) is 1. The normalized spacial score (nSPS) is 17.6. The highest BCUT2D eigenvalue weighted by Gasteiger charge is 2.38. The number of phosphoric ester groups is 1. The number of likely N-dealkylation sites (tertiary alicyclic amines) is 1. The molecule has 7 atom stereocenters. The fraction of sp³-hybridized carbons (Fsp3) is 0.583. The van der Waals surface area contributed by atoms with Crippen molar-refractivity contribution in [2.75, 3.05) is 32.5 Å². The van der Waals surface area contributed by atoms with Gasteiger partial charge in [0.1, 0.15) is 10.7 Å². The number of ether oxygens (including phenoxy) is 2. The minimum Gasteiger partial charge on any atom is -0.481 e. The van der Waals surface area contributed by atoms with E-state index in [1.54, 1.807) is 11.9 Å². The second-order valence-corrected chi connectivity index (χ2v) is 20.8. The maximum absolute atomic E-state index is 14.4. The van der Waals surface area contributed by atoms with Crippen molar-refractivity contribution in [3.63, 3.8) is 0 Å². The highest BCUT2D eigenvalue weighted by Crippen LogP contribution is 2.38. The minimum absolute atomic E-state index is 0.0396. The number of ketones is 1. The Morgan fingerprint density at radius 1 is 1.01 bits per heavy atom. The van der Waals surface area contributed by atoms with E-state index in [2.05, 4.69) is 25.0 Å². The van der Waals surface area contributed by atoms with Gasteiger partial charge in [0.2, 0.25) is 11.8 Å². The zero-order valence-corrected chi connectivity index (χ0v) is 43.6. The molecule has 5 amide bonds. The van der Waals surface area contributed by atoms with Crippen LogP contribution in [0, 0.1) is 23.7 Å². The molecule has 2 aliphatic rings. The zero-order chi connectivity index (χ0) is 53.6. The molecule has 2 aromatic rings. The molecule has 0 saturated carbocycles. The van der Waals surface area contributed by atoms with Gasteiger partial charge in [-0.25, -0.2) is 14.3 Å². The number of amides is 5. The summed E-state index contributed by atoms with van der Waals surface area (Å²) in [5, 5.41) is 16.9. The number of anilines is 1. The van der Waals surface area contributed by atoms with Gasteiger partial charge >= 0.3 is 25.9 Å². The van der Waals surface area contributed by atoms with Crippen LogP contribution in [0.1, 0.15) is 126 Å². The van der Waals surface area contributed by atoms with E-state index in [0.717, 1.165) is 54.2 Å². The summed E-state index contributed by atoms with van der Waals surface area (Å²) in [7, 11) is -1.72. The quantitative estimate of drug-likeness (QED) is 0.0339. The number of likely N-dealkylation sites (N-methyl/N-ethyl adjacent to an activating group) is 1. The lowest BCUT2D eigenvalue weighted by atomic mass is 9.83. The molecule has 0 radical (unpaired) electrons. The van der Waals surface area contributed by atoms with Crippen molar-refractivity contribution in [2.45, 2.75) is 130 Å². The molecule has 1 unspecified atom stereocenters. The van der Waals surface area contributed by atoms with Gasteiger partial charge < -0.3 is 34.6 Å². The van der Waals surface area contributed by atoms with Crippen LogP contribution in [-0.4, -0.2) is 133 Å². The van der Waals surface area contributed by atoms with E-state index >= 15 is 0 Å². The van der Waals surface area contributed by atoms with E-state index in [9.17, 15) is 52.8 Å². The van der Waals surface area contributed by atoms with Crippen molar-refractivity contribution < 1.29 is 76.6 Å². The first-order chi connectivity index (χ1) is 33.8. The van der Waals surface area contributed by atoms with Crippen LogP contribution in [0.2, 0.25) is 0 Å². The summed E-state index contributed by atoms with van der Waals surface area (Å²) in [5.41, 5.74) is 0.0919. The fourth-order valence-electron chi connectivity index (χ4n) is 8.74. The van der Waals surface area contributed by atoms with E-state index in [-0.39, 0.29) is 91.0 Å². The fourth-order valence-corrected chi connectivity index (χ4v) is 9.81. The molecule has 0 spiro atoms. The number of thiazole rings is 1. The number of piperidine rings is 1. The first kappa shape index (κ1) is 58.7. The van der Waals surface area contributed by atoms with Gasteiger partial charge in [0.05, 0.1) is 17.6 Å². The van der Waals surface area contributed by atoms with Gasteiger partial charge in [0.25, 0.3) is 17.7 Å². The van der Waals surface area contributed by atoms with E-state index in [1.165, 1.54) is 37.4 Å². The van der Waals surface area contributed by atoms with Gasteiger partial charge in [0, 0.05) is 75.3 Å². The van der Waals surface area contributed by atoms with Crippen LogP contribution in [0.4, 0.5) is 10.5 Å². The lowest BCUT2D eigenvalue weighted by Gasteiger charge is -2.37. The van der Waals surface area contributed by atoms with Crippen LogP contribution in [-0.2, 0) is 53.8 Å². The molecule has 0 bridgehead atoms. The molecule has 0 aliphatic carbocycles. The summed E-state index contributed by atoms with van der Waals surface area (Å²) >= 11 is 1.05. The van der Waals surface area contributed by atoms with E-state index < -0.39 is 85.3 Å². The van der Waals surface area contributed by atoms with Crippen molar-refractivity contribution >= 4 is 78.3 Å². The van der Waals surface area contributed by atoms with Crippen molar-refractivity contribution in [1.29, 1.82) is 0 Å². The molecule has 5 N–H and O–H groups in total. The number of nitrogens with zero attached hydrogens (tertiary/aromatic N) is 4. The number of carbonyl (C=O) groups excluding carboxylic acids is 8. The Hall–Kier alpha value is -5.87. The topological polar surface area (TPSA) is 306 Å². The smallest absolute Gasteiger partial charge is 0.481 e. The summed E-state index contributed by atoms with van der Waals surface area (Å²) < 4.78 is 26.1. The highest BCUT2D eigenvalue weighted by atomic mass is 32.1. The van der Waals surface area contributed by atoms with Crippen LogP contribution < -0.4 is 15.4 Å². The second-order valence-electron chi connectivity index (χ2n) is 18.7. The number of nitrogens with one attached hydrogen (secondary N) is 2. The molecule has 22 nitrogen and oxygen atoms in total. The van der Waals surface area contributed by atoms with Crippen LogP contribution in [0.3, 0.4) is 0 Å². The van der Waals surface area contributed by atoms with E-state index in [1.807, 2.05) is 34.7 Å². The lowest BCUT2D eigenvalue weighted by Crippen LogP contribution is -2.48. The average molecular weight is 1050 g/mol. The number of aliphatic carboxylic acids is 1. The largest absolute Gasteiger partial charge is 0.529 e. The molecule has 2 aliphatic heterocycles. The monoisotopic (exact) mass is 1050 g/mol. The molecule has 1 aromatic carbocycles. The molecule has 1 saturated heterocycles. The van der Waals surface area contributed by atoms with Gasteiger partial charge in [-0.05, 0) is 75.2 Å². The number of phosphoric acid groups is 1. The maximum atomic E-state index is 14.4. The third kappa shape index (κ3) is 17.4. The predicted molar refractivity (Wildman–Crippen MR) is 261 cm³/mol. The third-order valence-corrected chi connectivity index (χ3v) is 14.2. The minimum atomic E-state index is -5.34. The van der Waals surface area contributed by atoms with Crippen LogP contribution in [0.15, 0.2) is 35.7 Å². The van der Waals surface area contributed by atoms with E-state index in [4.69, 9.17) is 19.3 Å². The Bertz CT molecular complexity index is 2390. The molecule has 72 heavy (non-hydrogen) atoms. The van der Waals surface area contributed by atoms with Gasteiger partial charge in [0.15, 0.2) is 17.6 Å². The number of aromatic nitrogens is 1. The summed E-state index contributed by atoms with van der Waals surface area (Å²) in [6.07, 6.45) is 2.63. The molecule has 1 aromatic heterocycles. The maximum Gasteiger partial charge on any atom is 0.529 e. The molecule has 3 heterocycles. The lowest BCUT2D eigenvalue weighted by molar-refractivity contribution is -0.150. The number of carboxylic acids is 1. The number of benzene rings is 1. The molecule has 1 fully saturated rings. The number of carbonyl (C=O) groups is 9. The zero-order valence-electron chi connectivity index (χ0n) is 41.9. The SMILES string of the molecule is CC[C@H](C)[C@H](CC(=O)[C@H]1CCCCN1C)C(=O)N(C)[C@H](C[C@@H](OC(C)=O)c1nc(C(=O)N[C@@H](Cc2ccc(OC(=O)OP(=O)(O)O)c(NC(=O)CCCN3C(=O)C=CC3=O)c2)CC(C)C(=O)O)cs1)C(C)C. The third-order valence-electron chi connectivity index (χ3n) is 12.9. The van der Waals surface area contributed by atoms with Crippen LogP contribution >= 0.6 is 19.2 Å². The number of hydrogen-bond donors (Lipinski definition) is 5. The van der Waals surface area contributed by atoms with Crippen molar-refractivity contribution in [3.8, 4) is 5.75 Å². The Morgan fingerprint density at radius 3 is 2.29 bits per heavy atom. The van der Waals surface area contributed by atoms with Gasteiger partial charge in [-0.2, -0.15) is 0 Å². The molecule has 4 rings (SSSR count). The predicted octanol–water partition coefficient (Wildman–Crippen LogP) is 5.43. The van der Waals surface area contributed by atoms with Gasteiger partial charge in [-0.1, -0.05) is 53.5 Å². The first-order valence-electron chi connectivity index (χ1n) is 23.9. The van der Waals surface area contributed by atoms with Gasteiger partial charge in [-0.3, -0.25) is 57.9 Å². The number of carboxylic acid groups (broad SMARTS) is 1. The van der Waals surface area contributed by atoms with Crippen molar-refractivity contribution in [3.05, 3.63) is 52.0 Å². The summed E-state index contributed by atoms with van der Waals surface area (Å²) in [6, 6.07) is 2.26. The van der Waals surface area contributed by atoms with E-state index in [0.29, 0.717) is 12.0 Å². The van der Waals surface area contributed by atoms with Gasteiger partial charge in [-0.15, -0.1) is 11.3 Å². The number of hydrogen-bond acceptors (Lipinski definition) is 16. The second kappa shape index (κ2) is 26.7. The Kier molecular flexibility index (Phi) is 21.8. The Balaban J connectivity index is 1.56. The average Bonchev–Trinajstić information content (AvgIpc) is 3.92. The Morgan fingerprint density at radius 2 is 1.69 bits per heavy atom. The molecule has 396 valence electrons. The van der Waals surface area contributed by atoms with Crippen molar-refractivity contribution in [2.24, 2.45) is 23.7 Å². The summed E-state index contributed by atoms with van der Waals surface area (Å²) in [6.45, 7) is 11.2. The molecular formula is C48H67N6O16PS. The highest BCUT2D eigenvalue weighted by molar-refractivity contribution is 7.46. The number of imide groups is 1. The van der Waals surface area contributed by atoms with Crippen molar-refractivity contribution in [1.82, 2.24) is 25.0 Å². The number of esters is 1. The standard InChI is InChI=1S/C48H67N6O16PS/c1-9-28(4)33(24-38(56)36-13-10-11-19-52(36)7)46(61)53(8)37(27(2)3)25-40(68-30(6)55)45-51-35(26-72-45)44(60)49-32(21-29(5)47(62)63)22-31-15-16-39(69-48(64)70-71(65,66)67)34(23-31)50-41(57)14-12-20-54-42(58)17-18-43(54)59/h15-18,23,26-29,32-33,36-37,40H,9-14,19-22,24-25H2,1-8H3,(H,49,60)(H,50,57)(H,62,63)(H2,65,66,67)/t28-,29?,32+,33-,36+,37+,40+/m0/s1. The summed E-state index contributed by atoms with van der Waals surface area (Å²) in [4.78, 5) is 143. The van der Waals surface area contributed by atoms with Crippen LogP contribution in [0.5, 0.6) is 5.75 Å².